The Morgan fingerprint density at radius 3 is 2.28 bits per heavy atom. The minimum absolute atomic E-state index is 0.0846. The maximum absolute atomic E-state index is 11.3. The number of aromatic nitrogens is 1. The first-order valence-corrected chi connectivity index (χ1v) is 10.2. The number of thiazole rings is 1. The molecule has 0 aliphatic heterocycles. The lowest BCUT2D eigenvalue weighted by atomic mass is 10.1. The molecule has 2 N–H and O–H groups in total. The standard InChI is InChI=1S/C18H19N3O2S2/c1-3-21-17(14-6-4-13(2)5-7-14)12-24-18(21)20-15-8-10-16(11-9-15)25(19,22)23/h4-12H,3H2,1-2H3,(H2,19,22,23). The van der Waals surface area contributed by atoms with Gasteiger partial charge in [0.25, 0.3) is 0 Å². The number of aryl methyl sites for hydroxylation is 1. The molecule has 0 amide bonds. The molecule has 130 valence electrons. The van der Waals surface area contributed by atoms with Crippen molar-refractivity contribution in [3.8, 4) is 11.3 Å². The topological polar surface area (TPSA) is 77.5 Å². The van der Waals surface area contributed by atoms with Gasteiger partial charge in [-0.3, -0.25) is 0 Å². The summed E-state index contributed by atoms with van der Waals surface area (Å²) in [5, 5.41) is 7.21. The highest BCUT2D eigenvalue weighted by Crippen LogP contribution is 2.21. The first kappa shape index (κ1) is 17.6. The van der Waals surface area contributed by atoms with Crippen molar-refractivity contribution in [3.05, 3.63) is 64.3 Å². The predicted molar refractivity (Wildman–Crippen MR) is 101 cm³/mol. The molecule has 3 rings (SSSR count). The van der Waals surface area contributed by atoms with Crippen LogP contribution in [0.1, 0.15) is 12.5 Å². The first-order chi connectivity index (χ1) is 11.9. The average molecular weight is 374 g/mol. The van der Waals surface area contributed by atoms with Crippen LogP contribution in [0.15, 0.2) is 63.8 Å². The summed E-state index contributed by atoms with van der Waals surface area (Å²) in [5.41, 5.74) is 4.18. The van der Waals surface area contributed by atoms with E-state index in [1.807, 2.05) is 0 Å². The quantitative estimate of drug-likeness (QED) is 0.760. The molecule has 2 aromatic carbocycles. The zero-order valence-corrected chi connectivity index (χ0v) is 15.6. The van der Waals surface area contributed by atoms with Crippen molar-refractivity contribution in [2.45, 2.75) is 25.3 Å². The van der Waals surface area contributed by atoms with E-state index in [0.29, 0.717) is 5.69 Å². The molecule has 0 aliphatic carbocycles. The van der Waals surface area contributed by atoms with Crippen LogP contribution in [-0.4, -0.2) is 13.0 Å². The molecule has 7 heteroatoms. The molecule has 1 heterocycles. The van der Waals surface area contributed by atoms with E-state index in [4.69, 9.17) is 5.14 Å². The summed E-state index contributed by atoms with van der Waals surface area (Å²) in [6.07, 6.45) is 0. The van der Waals surface area contributed by atoms with Gasteiger partial charge in [-0.15, -0.1) is 11.3 Å². The molecular weight excluding hydrogens is 354 g/mol. The highest BCUT2D eigenvalue weighted by Gasteiger charge is 2.08. The van der Waals surface area contributed by atoms with Crippen LogP contribution in [-0.2, 0) is 16.6 Å². The van der Waals surface area contributed by atoms with Crippen molar-refractivity contribution in [2.24, 2.45) is 10.1 Å². The number of rotatable bonds is 4. The second-order valence-corrected chi connectivity index (χ2v) is 8.06. The van der Waals surface area contributed by atoms with Crippen molar-refractivity contribution >= 4 is 27.0 Å². The van der Waals surface area contributed by atoms with Crippen LogP contribution in [0, 0.1) is 6.92 Å². The van der Waals surface area contributed by atoms with E-state index in [9.17, 15) is 8.42 Å². The number of hydrogen-bond donors (Lipinski definition) is 1. The number of nitrogens with two attached hydrogens (primary N) is 1. The molecule has 0 unspecified atom stereocenters. The normalized spacial score (nSPS) is 12.5. The zero-order valence-electron chi connectivity index (χ0n) is 14.0. The van der Waals surface area contributed by atoms with E-state index in [1.165, 1.54) is 17.7 Å². The van der Waals surface area contributed by atoms with Crippen LogP contribution < -0.4 is 9.94 Å². The van der Waals surface area contributed by atoms with E-state index in [2.05, 4.69) is 53.1 Å². The molecular formula is C18H19N3O2S2. The van der Waals surface area contributed by atoms with Gasteiger partial charge >= 0.3 is 0 Å². The van der Waals surface area contributed by atoms with E-state index < -0.39 is 10.0 Å². The second-order valence-electron chi connectivity index (χ2n) is 5.66. The molecule has 1 aromatic heterocycles. The third-order valence-electron chi connectivity index (χ3n) is 3.85. The number of nitrogens with zero attached hydrogens (tertiary/aromatic N) is 2. The van der Waals surface area contributed by atoms with E-state index >= 15 is 0 Å². The third kappa shape index (κ3) is 3.89. The van der Waals surface area contributed by atoms with Gasteiger partial charge < -0.3 is 4.57 Å². The van der Waals surface area contributed by atoms with Gasteiger partial charge in [0.05, 0.1) is 16.3 Å². The Labute approximate surface area is 151 Å². The van der Waals surface area contributed by atoms with Crippen molar-refractivity contribution in [1.82, 2.24) is 4.57 Å². The van der Waals surface area contributed by atoms with Crippen LogP contribution >= 0.6 is 11.3 Å². The van der Waals surface area contributed by atoms with Crippen molar-refractivity contribution in [2.75, 3.05) is 0 Å². The molecule has 0 fully saturated rings. The first-order valence-electron chi connectivity index (χ1n) is 7.81. The minimum atomic E-state index is -3.69. The molecule has 3 aromatic rings. The van der Waals surface area contributed by atoms with Gasteiger partial charge in [0.2, 0.25) is 10.0 Å². The summed E-state index contributed by atoms with van der Waals surface area (Å²) in [5.74, 6) is 0. The number of primary sulfonamides is 1. The monoisotopic (exact) mass is 373 g/mol. The van der Waals surface area contributed by atoms with E-state index in [1.54, 1.807) is 23.5 Å². The van der Waals surface area contributed by atoms with Crippen LogP contribution in [0.3, 0.4) is 0 Å². The molecule has 5 nitrogen and oxygen atoms in total. The Kier molecular flexibility index (Phi) is 4.89. The molecule has 0 aliphatic rings. The van der Waals surface area contributed by atoms with Gasteiger partial charge in [-0.05, 0) is 43.7 Å². The van der Waals surface area contributed by atoms with Gasteiger partial charge in [0.15, 0.2) is 4.80 Å². The lowest BCUT2D eigenvalue weighted by Gasteiger charge is -2.06. The van der Waals surface area contributed by atoms with Crippen molar-refractivity contribution in [3.63, 3.8) is 0 Å². The highest BCUT2D eigenvalue weighted by atomic mass is 32.2. The number of benzene rings is 2. The fourth-order valence-electron chi connectivity index (χ4n) is 2.50. The van der Waals surface area contributed by atoms with Crippen molar-refractivity contribution < 1.29 is 8.42 Å². The zero-order chi connectivity index (χ0) is 18.0. The molecule has 0 radical (unpaired) electrons. The summed E-state index contributed by atoms with van der Waals surface area (Å²) in [4.78, 5) is 5.59. The summed E-state index contributed by atoms with van der Waals surface area (Å²) >= 11 is 1.56. The van der Waals surface area contributed by atoms with Crippen LogP contribution in [0.4, 0.5) is 5.69 Å². The molecule has 0 saturated carbocycles. The summed E-state index contributed by atoms with van der Waals surface area (Å²) in [6.45, 7) is 4.94. The van der Waals surface area contributed by atoms with Crippen LogP contribution in [0.2, 0.25) is 0 Å². The highest BCUT2D eigenvalue weighted by molar-refractivity contribution is 7.89. The van der Waals surface area contributed by atoms with E-state index in [-0.39, 0.29) is 4.90 Å². The molecule has 0 spiro atoms. The summed E-state index contributed by atoms with van der Waals surface area (Å²) in [7, 11) is -3.69. The van der Waals surface area contributed by atoms with Gasteiger partial charge in [-0.2, -0.15) is 0 Å². The molecule has 0 saturated heterocycles. The van der Waals surface area contributed by atoms with Gasteiger partial charge in [0.1, 0.15) is 0 Å². The Morgan fingerprint density at radius 1 is 1.08 bits per heavy atom. The second kappa shape index (κ2) is 6.95. The Balaban J connectivity index is 2.03. The number of hydrogen-bond acceptors (Lipinski definition) is 4. The Hall–Kier alpha value is -2.22. The largest absolute Gasteiger partial charge is 0.317 e. The maximum atomic E-state index is 11.3. The smallest absolute Gasteiger partial charge is 0.238 e. The Bertz CT molecular complexity index is 1040. The molecule has 0 atom stereocenters. The van der Waals surface area contributed by atoms with Gasteiger partial charge in [-0.1, -0.05) is 29.8 Å². The van der Waals surface area contributed by atoms with Crippen LogP contribution in [0.25, 0.3) is 11.3 Å². The van der Waals surface area contributed by atoms with Crippen molar-refractivity contribution in [1.29, 1.82) is 0 Å². The predicted octanol–water partition coefficient (Wildman–Crippen LogP) is 3.42. The van der Waals surface area contributed by atoms with Gasteiger partial charge in [0, 0.05) is 11.9 Å². The summed E-state index contributed by atoms with van der Waals surface area (Å²) in [6, 6.07) is 14.7. The van der Waals surface area contributed by atoms with Crippen LogP contribution in [0.5, 0.6) is 0 Å². The fraction of sp³-hybridized carbons (Fsp3) is 0.167. The summed E-state index contributed by atoms with van der Waals surface area (Å²) < 4.78 is 24.8. The Morgan fingerprint density at radius 2 is 1.72 bits per heavy atom. The molecule has 25 heavy (non-hydrogen) atoms. The van der Waals surface area contributed by atoms with E-state index in [0.717, 1.165) is 22.6 Å². The fourth-order valence-corrected chi connectivity index (χ4v) is 4.01. The SMILES string of the molecule is CCn1c(-c2ccc(C)cc2)csc1=Nc1ccc(S(N)(=O)=O)cc1. The number of sulfonamides is 1. The lowest BCUT2D eigenvalue weighted by molar-refractivity contribution is 0.598. The van der Waals surface area contributed by atoms with Gasteiger partial charge in [-0.25, -0.2) is 18.5 Å². The lowest BCUT2D eigenvalue weighted by Crippen LogP contribution is -2.14. The molecule has 0 bridgehead atoms. The maximum Gasteiger partial charge on any atom is 0.238 e. The third-order valence-corrected chi connectivity index (χ3v) is 5.64. The minimum Gasteiger partial charge on any atom is -0.317 e. The average Bonchev–Trinajstić information content (AvgIpc) is 2.98.